The Morgan fingerprint density at radius 1 is 0.957 bits per heavy atom. The molecule has 23 heavy (non-hydrogen) atoms. The molecule has 0 aliphatic carbocycles. The number of hydrogen-bond donors (Lipinski definition) is 0. The van der Waals surface area contributed by atoms with Crippen LogP contribution in [0.2, 0.25) is 0 Å². The third-order valence-electron chi connectivity index (χ3n) is 3.74. The first-order valence-electron chi connectivity index (χ1n) is 7.26. The van der Waals surface area contributed by atoms with Crippen molar-refractivity contribution in [3.8, 4) is 0 Å². The van der Waals surface area contributed by atoms with E-state index in [1.165, 1.54) is 6.20 Å². The van der Waals surface area contributed by atoms with Crippen molar-refractivity contribution in [2.45, 2.75) is 13.1 Å². The zero-order valence-electron chi connectivity index (χ0n) is 12.6. The molecule has 1 fully saturated rings. The molecule has 1 saturated heterocycles. The number of rotatable bonds is 2. The molecule has 0 spiro atoms. The van der Waals surface area contributed by atoms with Crippen LogP contribution >= 0.6 is 0 Å². The number of pyridine rings is 1. The minimum Gasteiger partial charge on any atom is -0.353 e. The fraction of sp³-hybridized carbons (Fsp3) is 0.400. The Balaban J connectivity index is 1.70. The second-order valence-electron chi connectivity index (χ2n) is 5.37. The van der Waals surface area contributed by atoms with Gasteiger partial charge in [-0.3, -0.25) is 0 Å². The first-order valence-corrected chi connectivity index (χ1v) is 7.26. The number of piperazine rings is 1. The molecule has 0 radical (unpaired) electrons. The summed E-state index contributed by atoms with van der Waals surface area (Å²) in [5.41, 5.74) is 0.212. The molecule has 8 heteroatoms. The van der Waals surface area contributed by atoms with Gasteiger partial charge < -0.3 is 9.80 Å². The van der Waals surface area contributed by atoms with Gasteiger partial charge in [-0.1, -0.05) is 0 Å². The van der Waals surface area contributed by atoms with Gasteiger partial charge in [0.2, 0.25) is 5.95 Å². The van der Waals surface area contributed by atoms with Crippen LogP contribution in [0.25, 0.3) is 0 Å². The van der Waals surface area contributed by atoms with Crippen molar-refractivity contribution in [2.75, 3.05) is 36.0 Å². The van der Waals surface area contributed by atoms with Crippen molar-refractivity contribution in [3.63, 3.8) is 0 Å². The van der Waals surface area contributed by atoms with Crippen LogP contribution in [0.5, 0.6) is 0 Å². The Bertz CT molecular complexity index is 681. The monoisotopic (exact) mass is 323 g/mol. The molecule has 5 nitrogen and oxygen atoms in total. The van der Waals surface area contributed by atoms with Crippen molar-refractivity contribution in [3.05, 3.63) is 41.9 Å². The van der Waals surface area contributed by atoms with Crippen molar-refractivity contribution in [1.82, 2.24) is 15.0 Å². The summed E-state index contributed by atoms with van der Waals surface area (Å²) >= 11 is 0. The number of anilines is 2. The predicted molar refractivity (Wildman–Crippen MR) is 80.4 cm³/mol. The van der Waals surface area contributed by atoms with E-state index in [4.69, 9.17) is 0 Å². The summed E-state index contributed by atoms with van der Waals surface area (Å²) < 4.78 is 38.4. The zero-order valence-corrected chi connectivity index (χ0v) is 12.6. The maximum Gasteiger partial charge on any atom is 0.416 e. The number of alkyl halides is 3. The quantitative estimate of drug-likeness (QED) is 0.850. The second-order valence-corrected chi connectivity index (χ2v) is 5.37. The molecule has 122 valence electrons. The zero-order chi connectivity index (χ0) is 16.4. The fourth-order valence-electron chi connectivity index (χ4n) is 2.49. The minimum absolute atomic E-state index is 0.352. The summed E-state index contributed by atoms with van der Waals surface area (Å²) in [5, 5.41) is 0. The second kappa shape index (κ2) is 6.02. The lowest BCUT2D eigenvalue weighted by Gasteiger charge is -2.35. The largest absolute Gasteiger partial charge is 0.416 e. The average Bonchev–Trinajstić information content (AvgIpc) is 2.54. The van der Waals surface area contributed by atoms with E-state index in [1.54, 1.807) is 6.20 Å². The third kappa shape index (κ3) is 3.52. The molecule has 1 aliphatic rings. The van der Waals surface area contributed by atoms with Gasteiger partial charge in [0, 0.05) is 44.3 Å². The average molecular weight is 323 g/mol. The first-order chi connectivity index (χ1) is 10.9. The van der Waals surface area contributed by atoms with Gasteiger partial charge >= 0.3 is 6.18 Å². The van der Waals surface area contributed by atoms with E-state index in [0.717, 1.165) is 17.8 Å². The summed E-state index contributed by atoms with van der Waals surface area (Å²) in [6, 6.07) is 3.91. The van der Waals surface area contributed by atoms with Crippen molar-refractivity contribution >= 4 is 11.8 Å². The van der Waals surface area contributed by atoms with E-state index >= 15 is 0 Å². The Morgan fingerprint density at radius 2 is 1.61 bits per heavy atom. The van der Waals surface area contributed by atoms with E-state index in [2.05, 4.69) is 15.0 Å². The van der Waals surface area contributed by atoms with Gasteiger partial charge in [0.15, 0.2) is 0 Å². The lowest BCUT2D eigenvalue weighted by Crippen LogP contribution is -2.47. The summed E-state index contributed by atoms with van der Waals surface area (Å²) in [6.45, 7) is 4.33. The molecular formula is C15H16F3N5. The molecule has 0 aromatic carbocycles. The highest BCUT2D eigenvalue weighted by molar-refractivity contribution is 5.44. The SMILES string of the molecule is Cc1ccnc(N2CCN(c3cc(C(F)(F)F)ccn3)CC2)n1. The van der Waals surface area contributed by atoms with Crippen molar-refractivity contribution < 1.29 is 13.2 Å². The van der Waals surface area contributed by atoms with E-state index in [9.17, 15) is 13.2 Å². The normalized spacial score (nSPS) is 15.8. The molecule has 0 bridgehead atoms. The summed E-state index contributed by atoms with van der Waals surface area (Å²) in [7, 11) is 0. The fourth-order valence-corrected chi connectivity index (χ4v) is 2.49. The lowest BCUT2D eigenvalue weighted by molar-refractivity contribution is -0.137. The molecule has 1 aliphatic heterocycles. The Morgan fingerprint density at radius 3 is 2.26 bits per heavy atom. The van der Waals surface area contributed by atoms with Gasteiger partial charge in [0.05, 0.1) is 5.56 Å². The van der Waals surface area contributed by atoms with Crippen molar-refractivity contribution in [1.29, 1.82) is 0 Å². The molecule has 3 heterocycles. The summed E-state index contributed by atoms with van der Waals surface area (Å²) in [6.07, 6.45) is -1.44. The molecular weight excluding hydrogens is 307 g/mol. The van der Waals surface area contributed by atoms with Crippen LogP contribution in [-0.4, -0.2) is 41.1 Å². The lowest BCUT2D eigenvalue weighted by atomic mass is 10.2. The number of hydrogen-bond acceptors (Lipinski definition) is 5. The molecule has 3 rings (SSSR count). The molecule has 2 aromatic rings. The number of aryl methyl sites for hydroxylation is 1. The molecule has 2 aromatic heterocycles. The highest BCUT2D eigenvalue weighted by atomic mass is 19.4. The van der Waals surface area contributed by atoms with Gasteiger partial charge in [0.1, 0.15) is 5.82 Å². The highest BCUT2D eigenvalue weighted by Crippen LogP contribution is 2.31. The Labute approximate surface area is 131 Å². The van der Waals surface area contributed by atoms with Crippen molar-refractivity contribution in [2.24, 2.45) is 0 Å². The first kappa shape index (κ1) is 15.5. The van der Waals surface area contributed by atoms with Crippen LogP contribution in [0, 0.1) is 6.92 Å². The standard InChI is InChI=1S/C15H16F3N5/c1-11-2-4-20-14(21-11)23-8-6-22(7-9-23)13-10-12(3-5-19-13)15(16,17)18/h2-5,10H,6-9H2,1H3. The highest BCUT2D eigenvalue weighted by Gasteiger charge is 2.31. The van der Waals surface area contributed by atoms with E-state index in [0.29, 0.717) is 37.9 Å². The van der Waals surface area contributed by atoms with Crippen LogP contribution in [0.4, 0.5) is 24.9 Å². The summed E-state index contributed by atoms with van der Waals surface area (Å²) in [4.78, 5) is 16.6. The maximum absolute atomic E-state index is 12.8. The van der Waals surface area contributed by atoms with Crippen LogP contribution in [-0.2, 0) is 6.18 Å². The minimum atomic E-state index is -4.35. The van der Waals surface area contributed by atoms with Gasteiger partial charge in [0.25, 0.3) is 0 Å². The molecule has 0 saturated carbocycles. The topological polar surface area (TPSA) is 45.2 Å². The molecule has 0 atom stereocenters. The Kier molecular flexibility index (Phi) is 4.06. The Hall–Kier alpha value is -2.38. The van der Waals surface area contributed by atoms with E-state index in [-0.39, 0.29) is 0 Å². The van der Waals surface area contributed by atoms with Crippen LogP contribution < -0.4 is 9.80 Å². The molecule has 0 amide bonds. The van der Waals surface area contributed by atoms with Crippen LogP contribution in [0.3, 0.4) is 0 Å². The van der Waals surface area contributed by atoms with Gasteiger partial charge in [-0.05, 0) is 25.1 Å². The number of aromatic nitrogens is 3. The van der Waals surface area contributed by atoms with Gasteiger partial charge in [-0.2, -0.15) is 13.2 Å². The predicted octanol–water partition coefficient (Wildman–Crippen LogP) is 2.53. The summed E-state index contributed by atoms with van der Waals surface area (Å²) in [5.74, 6) is 1.01. The smallest absolute Gasteiger partial charge is 0.353 e. The number of nitrogens with zero attached hydrogens (tertiary/aromatic N) is 5. The molecule has 0 unspecified atom stereocenters. The third-order valence-corrected chi connectivity index (χ3v) is 3.74. The van der Waals surface area contributed by atoms with E-state index < -0.39 is 11.7 Å². The maximum atomic E-state index is 12.8. The van der Waals surface area contributed by atoms with Gasteiger partial charge in [-0.15, -0.1) is 0 Å². The number of halogens is 3. The van der Waals surface area contributed by atoms with Crippen LogP contribution in [0.15, 0.2) is 30.6 Å². The van der Waals surface area contributed by atoms with E-state index in [1.807, 2.05) is 22.8 Å². The van der Waals surface area contributed by atoms with Crippen LogP contribution in [0.1, 0.15) is 11.3 Å². The van der Waals surface area contributed by atoms with Gasteiger partial charge in [-0.25, -0.2) is 15.0 Å². The molecule has 0 N–H and O–H groups in total.